The van der Waals surface area contributed by atoms with Crippen molar-refractivity contribution in [3.63, 3.8) is 0 Å². The minimum atomic E-state index is -4.46. The first-order valence-corrected chi connectivity index (χ1v) is 46.8. The molecule has 576 valence electrons. The Balaban J connectivity index is 0.000000680. The Morgan fingerprint density at radius 2 is 0.386 bits per heavy atom. The van der Waals surface area contributed by atoms with Gasteiger partial charge in [0, 0.05) is 0 Å². The Morgan fingerprint density at radius 3 is 0.564 bits per heavy atom. The number of hydrogen-bond donors (Lipinski definition) is 0. The molecule has 0 aliphatic heterocycles. The van der Waals surface area contributed by atoms with Crippen LogP contribution >= 0.6 is 0 Å². The largest absolute Gasteiger partial charge is 2.00 e. The van der Waals surface area contributed by atoms with Crippen molar-refractivity contribution < 1.29 is 25.9 Å². The Morgan fingerprint density at radius 1 is 0.218 bits per heavy atom. The second-order valence-corrected chi connectivity index (χ2v) is 34.2. The van der Waals surface area contributed by atoms with Crippen molar-refractivity contribution in [1.29, 1.82) is 0 Å². The molecule has 4 aromatic rings. The quantitative estimate of drug-likeness (QED) is 0.0247. The van der Waals surface area contributed by atoms with Gasteiger partial charge in [-0.05, 0) is 119 Å². The van der Waals surface area contributed by atoms with Crippen molar-refractivity contribution in [2.75, 3.05) is 0 Å². The van der Waals surface area contributed by atoms with Crippen LogP contribution in [-0.2, 0) is 45.9 Å². The fourth-order valence-electron chi connectivity index (χ4n) is 15.5. The summed E-state index contributed by atoms with van der Waals surface area (Å²) < 4.78 is 70.8. The van der Waals surface area contributed by atoms with Crippen molar-refractivity contribution >= 4 is 90.7 Å². The molecule has 0 unspecified atom stereocenters. The van der Waals surface area contributed by atoms with Gasteiger partial charge in [-0.15, -0.1) is 0 Å². The molecule has 0 spiro atoms. The topological polar surface area (TPSA) is 114 Å². The average molecular weight is 1560 g/mol. The van der Waals surface area contributed by atoms with E-state index in [-0.39, 0.29) is 58.7 Å². The molecule has 0 aliphatic rings. The summed E-state index contributed by atoms with van der Waals surface area (Å²) in [5.41, 5.74) is 5.13. The molecule has 0 aromatic heterocycles. The molecule has 0 amide bonds. The molecule has 0 atom stereocenters. The fraction of sp³-hybridized carbons (Fsp3) is 0.783. The van der Waals surface area contributed by atoms with E-state index in [0.717, 1.165) is 60.1 Å². The van der Waals surface area contributed by atoms with E-state index in [2.05, 4.69) is 52.0 Å². The van der Waals surface area contributed by atoms with E-state index in [1.165, 1.54) is 432 Å². The number of fused-ring (bicyclic) bond motifs is 2. The normalized spacial score (nSPS) is 11.9. The Bertz CT molecular complexity index is 2570. The van der Waals surface area contributed by atoms with Crippen LogP contribution in [-0.4, -0.2) is 74.8 Å². The van der Waals surface area contributed by atoms with E-state index < -0.39 is 20.2 Å². The third-order valence-electron chi connectivity index (χ3n) is 22.0. The number of hydrogen-bond acceptors (Lipinski definition) is 6. The molecule has 6 nitrogen and oxygen atoms in total. The van der Waals surface area contributed by atoms with Gasteiger partial charge in [0.2, 0.25) is 0 Å². The van der Waals surface area contributed by atoms with Crippen molar-refractivity contribution in [2.24, 2.45) is 0 Å². The second-order valence-electron chi connectivity index (χ2n) is 31.4. The Hall–Kier alpha value is -1.21. The molecule has 9 heteroatoms. The second kappa shape index (κ2) is 67.0. The number of rotatable bonds is 70. The Kier molecular flexibility index (Phi) is 63.5. The van der Waals surface area contributed by atoms with Crippen molar-refractivity contribution in [3.8, 4) is 0 Å². The SMILES string of the molecule is CCCCCCCCCCCCCCCCCCc1cc(CCCCCCCCCCCCCCCCCC)c2cc(S(=O)(=O)[O-])ccc2c1.CCCCCCCCCCCCCCCCCCc1cc(CCCCCCCCCCCCCCCCCC)c2cc(S(=O)(=O)[O-])ccc2c1.[Ba+2]. The van der Waals surface area contributed by atoms with Gasteiger partial charge < -0.3 is 9.11 Å². The third kappa shape index (κ3) is 52.5. The van der Waals surface area contributed by atoms with Gasteiger partial charge >= 0.3 is 48.9 Å². The molecular formula is C92H158BaO6S2. The summed E-state index contributed by atoms with van der Waals surface area (Å²) in [4.78, 5) is -0.215. The zero-order chi connectivity index (χ0) is 71.9. The van der Waals surface area contributed by atoms with Gasteiger partial charge in [0.05, 0.1) is 9.79 Å². The fourth-order valence-corrected chi connectivity index (χ4v) is 16.5. The molecule has 0 fully saturated rings. The first-order chi connectivity index (χ1) is 48.9. The number of aryl methyl sites for hydroxylation is 4. The molecule has 4 aromatic carbocycles. The molecule has 0 bridgehead atoms. The minimum Gasteiger partial charge on any atom is -0.744 e. The van der Waals surface area contributed by atoms with Crippen molar-refractivity contribution in [3.05, 3.63) is 82.9 Å². The van der Waals surface area contributed by atoms with Crippen molar-refractivity contribution in [2.45, 2.75) is 474 Å². The van der Waals surface area contributed by atoms with Crippen LogP contribution in [0.3, 0.4) is 0 Å². The van der Waals surface area contributed by atoms with Gasteiger partial charge in [-0.25, -0.2) is 16.8 Å². The molecule has 4 rings (SSSR count). The summed E-state index contributed by atoms with van der Waals surface area (Å²) in [6, 6.07) is 19.0. The van der Waals surface area contributed by atoms with E-state index in [0.29, 0.717) is 0 Å². The molecule has 101 heavy (non-hydrogen) atoms. The van der Waals surface area contributed by atoms with Gasteiger partial charge in [-0.1, -0.05) is 449 Å². The van der Waals surface area contributed by atoms with Crippen LogP contribution in [0.5, 0.6) is 0 Å². The van der Waals surface area contributed by atoms with Crippen LogP contribution in [0.2, 0.25) is 0 Å². The van der Waals surface area contributed by atoms with Crippen LogP contribution in [0.1, 0.15) is 461 Å². The first-order valence-electron chi connectivity index (χ1n) is 43.9. The molecule has 0 saturated heterocycles. The van der Waals surface area contributed by atoms with Crippen LogP contribution in [0.4, 0.5) is 0 Å². The summed E-state index contributed by atoms with van der Waals surface area (Å²) >= 11 is 0. The zero-order valence-electron chi connectivity index (χ0n) is 66.8. The maximum atomic E-state index is 11.8. The van der Waals surface area contributed by atoms with Gasteiger partial charge in [0.25, 0.3) is 0 Å². The zero-order valence-corrected chi connectivity index (χ0v) is 72.9. The van der Waals surface area contributed by atoms with Gasteiger partial charge in [0.15, 0.2) is 0 Å². The van der Waals surface area contributed by atoms with E-state index in [1.807, 2.05) is 12.1 Å². The molecule has 0 radical (unpaired) electrons. The maximum Gasteiger partial charge on any atom is 2.00 e. The van der Waals surface area contributed by atoms with Gasteiger partial charge in [-0.2, -0.15) is 0 Å². The molecule has 0 heterocycles. The molecule has 0 saturated carbocycles. The van der Waals surface area contributed by atoms with Crippen LogP contribution in [0.15, 0.2) is 70.5 Å². The number of benzene rings is 4. The van der Waals surface area contributed by atoms with Crippen LogP contribution in [0.25, 0.3) is 21.5 Å². The minimum absolute atomic E-state index is 0. The van der Waals surface area contributed by atoms with E-state index >= 15 is 0 Å². The monoisotopic (exact) mass is 1560 g/mol. The van der Waals surface area contributed by atoms with Crippen LogP contribution in [0, 0.1) is 0 Å². The third-order valence-corrected chi connectivity index (χ3v) is 23.6. The summed E-state index contributed by atoms with van der Waals surface area (Å²) in [6.07, 6.45) is 91.6. The molecular weight excluding hydrogens is 1400 g/mol. The predicted molar refractivity (Wildman–Crippen MR) is 443 cm³/mol. The Labute approximate surface area is 667 Å². The van der Waals surface area contributed by atoms with Gasteiger partial charge in [0.1, 0.15) is 20.2 Å². The standard InChI is InChI=1S/2C46H80O3S.Ba/c2*1-3-5-7-9-11-13-15-17-19-21-23-25-27-29-31-33-35-42-39-43(46-41-45(50(47,48)49)38-37-44(46)40-42)36-34-32-30-28-26-24-22-20-18-16-14-12-10-8-6-4-2;/h2*37-41H,3-36H2,1-2H3,(H,47,48,49);/q;;+2/p-2. The first kappa shape index (κ1) is 95.9. The molecule has 0 N–H and O–H groups in total. The summed E-state index contributed by atoms with van der Waals surface area (Å²) in [5, 5.41) is 4.02. The summed E-state index contributed by atoms with van der Waals surface area (Å²) in [6.45, 7) is 9.15. The smallest absolute Gasteiger partial charge is 0.744 e. The van der Waals surface area contributed by atoms with Crippen molar-refractivity contribution in [1.82, 2.24) is 0 Å². The van der Waals surface area contributed by atoms with E-state index in [4.69, 9.17) is 0 Å². The summed E-state index contributed by atoms with van der Waals surface area (Å²) in [7, 11) is -8.92. The van der Waals surface area contributed by atoms with Crippen LogP contribution < -0.4 is 0 Å². The van der Waals surface area contributed by atoms with Gasteiger partial charge in [-0.3, -0.25) is 0 Å². The predicted octanol–water partition coefficient (Wildman–Crippen LogP) is 30.3. The molecule has 0 aliphatic carbocycles. The summed E-state index contributed by atoms with van der Waals surface area (Å²) in [5.74, 6) is 0. The number of unbranched alkanes of at least 4 members (excludes halogenated alkanes) is 60. The van der Waals surface area contributed by atoms with E-state index in [1.54, 1.807) is 12.1 Å². The van der Waals surface area contributed by atoms with E-state index in [9.17, 15) is 25.9 Å². The average Bonchev–Trinajstić information content (AvgIpc) is 0.799. The maximum absolute atomic E-state index is 11.8.